The number of thiophene rings is 1. The summed E-state index contributed by atoms with van der Waals surface area (Å²) in [5.74, 6) is 0.664. The van der Waals surface area contributed by atoms with E-state index >= 15 is 0 Å². The molecule has 0 bridgehead atoms. The number of carbonyl (C=O) groups excluding carboxylic acids is 1. The zero-order chi connectivity index (χ0) is 12.7. The van der Waals surface area contributed by atoms with Crippen LogP contribution in [-0.4, -0.2) is 12.5 Å². The zero-order valence-electron chi connectivity index (χ0n) is 10.6. The maximum atomic E-state index is 11.7. The highest BCUT2D eigenvalue weighted by atomic mass is 32.1. The van der Waals surface area contributed by atoms with Gasteiger partial charge in [0.15, 0.2) is 0 Å². The van der Waals surface area contributed by atoms with E-state index in [9.17, 15) is 4.79 Å². The van der Waals surface area contributed by atoms with Gasteiger partial charge in [-0.05, 0) is 43.7 Å². The third kappa shape index (κ3) is 5.33. The van der Waals surface area contributed by atoms with Gasteiger partial charge >= 0.3 is 0 Å². The maximum Gasteiger partial charge on any atom is 0.220 e. The number of hydrogen-bond acceptors (Lipinski definition) is 3. The summed E-state index contributed by atoms with van der Waals surface area (Å²) in [7, 11) is 0. The van der Waals surface area contributed by atoms with E-state index in [0.29, 0.717) is 18.9 Å². The van der Waals surface area contributed by atoms with Crippen LogP contribution in [0, 0.1) is 5.92 Å². The topological polar surface area (TPSA) is 55.1 Å². The Balaban J connectivity index is 2.25. The van der Waals surface area contributed by atoms with Crippen LogP contribution < -0.4 is 11.1 Å². The van der Waals surface area contributed by atoms with E-state index in [0.717, 1.165) is 12.8 Å². The SMILES string of the molecule is CC(CCN)CCC(=O)NC(C)c1cccs1. The van der Waals surface area contributed by atoms with Crippen molar-refractivity contribution in [3.63, 3.8) is 0 Å². The normalized spacial score (nSPS) is 14.3. The minimum atomic E-state index is 0.118. The van der Waals surface area contributed by atoms with Gasteiger partial charge in [0.05, 0.1) is 6.04 Å². The van der Waals surface area contributed by atoms with Crippen molar-refractivity contribution in [1.29, 1.82) is 0 Å². The number of hydrogen-bond donors (Lipinski definition) is 2. The van der Waals surface area contributed by atoms with Crippen molar-refractivity contribution < 1.29 is 4.79 Å². The second-order valence-electron chi connectivity index (χ2n) is 4.53. The molecule has 1 amide bonds. The number of carbonyl (C=O) groups is 1. The van der Waals surface area contributed by atoms with E-state index in [1.807, 2.05) is 24.4 Å². The highest BCUT2D eigenvalue weighted by molar-refractivity contribution is 7.10. The predicted molar refractivity (Wildman–Crippen MR) is 72.9 cm³/mol. The Labute approximate surface area is 107 Å². The van der Waals surface area contributed by atoms with Gasteiger partial charge in [-0.15, -0.1) is 11.3 Å². The summed E-state index contributed by atoms with van der Waals surface area (Å²) in [4.78, 5) is 12.9. The smallest absolute Gasteiger partial charge is 0.220 e. The molecular weight excluding hydrogens is 232 g/mol. The number of rotatable bonds is 7. The molecule has 3 N–H and O–H groups in total. The lowest BCUT2D eigenvalue weighted by Gasteiger charge is -2.14. The summed E-state index contributed by atoms with van der Waals surface area (Å²) in [6.45, 7) is 4.87. The molecule has 96 valence electrons. The Morgan fingerprint density at radius 1 is 1.47 bits per heavy atom. The second-order valence-corrected chi connectivity index (χ2v) is 5.51. The van der Waals surface area contributed by atoms with Crippen molar-refractivity contribution in [1.82, 2.24) is 5.32 Å². The van der Waals surface area contributed by atoms with Crippen LogP contribution in [0.5, 0.6) is 0 Å². The van der Waals surface area contributed by atoms with Crippen molar-refractivity contribution in [3.8, 4) is 0 Å². The molecule has 2 atom stereocenters. The number of nitrogens with one attached hydrogen (secondary N) is 1. The van der Waals surface area contributed by atoms with Gasteiger partial charge in [0, 0.05) is 11.3 Å². The third-order valence-electron chi connectivity index (χ3n) is 2.87. The van der Waals surface area contributed by atoms with E-state index in [1.54, 1.807) is 11.3 Å². The van der Waals surface area contributed by atoms with Gasteiger partial charge in [0.25, 0.3) is 0 Å². The van der Waals surface area contributed by atoms with Crippen molar-refractivity contribution >= 4 is 17.2 Å². The van der Waals surface area contributed by atoms with Crippen LogP contribution in [0.4, 0.5) is 0 Å². The monoisotopic (exact) mass is 254 g/mol. The van der Waals surface area contributed by atoms with E-state index < -0.39 is 0 Å². The van der Waals surface area contributed by atoms with Crippen LogP contribution >= 0.6 is 11.3 Å². The highest BCUT2D eigenvalue weighted by Gasteiger charge is 2.11. The van der Waals surface area contributed by atoms with E-state index in [-0.39, 0.29) is 11.9 Å². The number of nitrogens with two attached hydrogens (primary N) is 1. The van der Waals surface area contributed by atoms with Crippen molar-refractivity contribution in [2.45, 2.75) is 39.2 Å². The van der Waals surface area contributed by atoms with E-state index in [1.165, 1.54) is 4.88 Å². The number of amides is 1. The lowest BCUT2D eigenvalue weighted by atomic mass is 10.0. The predicted octanol–water partition coefficient (Wildman–Crippen LogP) is 2.69. The van der Waals surface area contributed by atoms with Gasteiger partial charge in [-0.2, -0.15) is 0 Å². The van der Waals surface area contributed by atoms with Crippen LogP contribution in [0.15, 0.2) is 17.5 Å². The molecule has 0 aliphatic rings. The molecule has 0 aliphatic carbocycles. The van der Waals surface area contributed by atoms with Gasteiger partial charge in [-0.25, -0.2) is 0 Å². The molecule has 2 unspecified atom stereocenters. The molecule has 0 fully saturated rings. The molecule has 1 heterocycles. The van der Waals surface area contributed by atoms with Crippen molar-refractivity contribution in [2.24, 2.45) is 11.7 Å². The molecule has 0 spiro atoms. The largest absolute Gasteiger partial charge is 0.349 e. The first kappa shape index (κ1) is 14.2. The minimum Gasteiger partial charge on any atom is -0.349 e. The Morgan fingerprint density at radius 2 is 2.24 bits per heavy atom. The highest BCUT2D eigenvalue weighted by Crippen LogP contribution is 2.18. The fraction of sp³-hybridized carbons (Fsp3) is 0.615. The lowest BCUT2D eigenvalue weighted by molar-refractivity contribution is -0.122. The Morgan fingerprint density at radius 3 is 2.82 bits per heavy atom. The third-order valence-corrected chi connectivity index (χ3v) is 3.93. The summed E-state index contributed by atoms with van der Waals surface area (Å²) in [6, 6.07) is 4.17. The maximum absolute atomic E-state index is 11.7. The first-order valence-corrected chi connectivity index (χ1v) is 7.04. The quantitative estimate of drug-likeness (QED) is 0.786. The first-order valence-electron chi connectivity index (χ1n) is 6.16. The lowest BCUT2D eigenvalue weighted by Crippen LogP contribution is -2.26. The van der Waals surface area contributed by atoms with Gasteiger partial charge in [0.1, 0.15) is 0 Å². The fourth-order valence-corrected chi connectivity index (χ4v) is 2.46. The molecule has 3 nitrogen and oxygen atoms in total. The molecule has 4 heteroatoms. The molecule has 0 aromatic carbocycles. The Hall–Kier alpha value is -0.870. The van der Waals surface area contributed by atoms with Gasteiger partial charge in [0.2, 0.25) is 5.91 Å². The Kier molecular flexibility index (Phi) is 6.22. The van der Waals surface area contributed by atoms with Crippen LogP contribution in [0.25, 0.3) is 0 Å². The average Bonchev–Trinajstić information content (AvgIpc) is 2.80. The minimum absolute atomic E-state index is 0.118. The zero-order valence-corrected chi connectivity index (χ0v) is 11.4. The van der Waals surface area contributed by atoms with E-state index in [4.69, 9.17) is 5.73 Å². The molecule has 17 heavy (non-hydrogen) atoms. The summed E-state index contributed by atoms with van der Waals surface area (Å²) < 4.78 is 0. The van der Waals surface area contributed by atoms with Gasteiger partial charge in [-0.3, -0.25) is 4.79 Å². The molecule has 0 aliphatic heterocycles. The molecule has 0 radical (unpaired) electrons. The van der Waals surface area contributed by atoms with Crippen molar-refractivity contribution in [2.75, 3.05) is 6.54 Å². The summed E-state index contributed by atoms with van der Waals surface area (Å²) in [5.41, 5.74) is 5.48. The summed E-state index contributed by atoms with van der Waals surface area (Å²) >= 11 is 1.67. The van der Waals surface area contributed by atoms with Crippen LogP contribution in [0.3, 0.4) is 0 Å². The standard InChI is InChI=1S/C13H22N2OS/c1-10(7-8-14)5-6-13(16)15-11(2)12-4-3-9-17-12/h3-4,9-11H,5-8,14H2,1-2H3,(H,15,16). The second kappa shape index (κ2) is 7.45. The van der Waals surface area contributed by atoms with Gasteiger partial charge < -0.3 is 11.1 Å². The molecular formula is C13H22N2OS. The van der Waals surface area contributed by atoms with Crippen LogP contribution in [0.1, 0.15) is 44.0 Å². The molecule has 1 aromatic heterocycles. The summed E-state index contributed by atoms with van der Waals surface area (Å²) in [5, 5.41) is 5.05. The van der Waals surface area contributed by atoms with Gasteiger partial charge in [-0.1, -0.05) is 13.0 Å². The Bertz CT molecular complexity index is 324. The summed E-state index contributed by atoms with van der Waals surface area (Å²) in [6.07, 6.45) is 2.50. The average molecular weight is 254 g/mol. The molecule has 1 rings (SSSR count). The first-order chi connectivity index (χ1) is 8.13. The van der Waals surface area contributed by atoms with Crippen LogP contribution in [-0.2, 0) is 4.79 Å². The fourth-order valence-electron chi connectivity index (χ4n) is 1.73. The molecule has 0 saturated heterocycles. The molecule has 1 aromatic rings. The van der Waals surface area contributed by atoms with Crippen molar-refractivity contribution in [3.05, 3.63) is 22.4 Å². The van der Waals surface area contributed by atoms with Crippen LogP contribution in [0.2, 0.25) is 0 Å². The molecule has 0 saturated carbocycles. The van der Waals surface area contributed by atoms with E-state index in [2.05, 4.69) is 12.2 Å².